The van der Waals surface area contributed by atoms with Gasteiger partial charge in [0.1, 0.15) is 16.9 Å². The fourth-order valence-corrected chi connectivity index (χ4v) is 2.69. The van der Waals surface area contributed by atoms with Crippen LogP contribution in [0.4, 0.5) is 10.1 Å². The number of hydrogen-bond acceptors (Lipinski definition) is 5. The molecule has 0 atom stereocenters. The van der Waals surface area contributed by atoms with Crippen molar-refractivity contribution in [1.82, 2.24) is 0 Å². The molecule has 1 fully saturated rings. The molecule has 0 N–H and O–H groups in total. The van der Waals surface area contributed by atoms with Gasteiger partial charge in [-0.05, 0) is 24.3 Å². The van der Waals surface area contributed by atoms with E-state index in [1.165, 1.54) is 29.2 Å². The Morgan fingerprint density at radius 1 is 1.45 bits per heavy atom. The van der Waals surface area contributed by atoms with Crippen molar-refractivity contribution in [2.75, 3.05) is 17.8 Å². The molecule has 0 bridgehead atoms. The van der Waals surface area contributed by atoms with Crippen LogP contribution < -0.4 is 4.90 Å². The van der Waals surface area contributed by atoms with E-state index in [9.17, 15) is 14.0 Å². The summed E-state index contributed by atoms with van der Waals surface area (Å²) < 4.78 is 17.5. The number of carbonyl (C=O) groups is 2. The number of esters is 1. The van der Waals surface area contributed by atoms with Crippen LogP contribution in [0, 0.1) is 17.1 Å². The first-order valence-electron chi connectivity index (χ1n) is 5.52. The zero-order valence-electron chi connectivity index (χ0n) is 10.4. The standard InChI is InChI=1S/C13H9FN2O3S/c1-19-13(18)10(6-15)12-16(11(17)7-20-12)9-4-2-8(14)3-5-9/h2-5H,7H2,1H3/b12-10-. The molecule has 7 heteroatoms. The van der Waals surface area contributed by atoms with Crippen molar-refractivity contribution in [1.29, 1.82) is 5.26 Å². The van der Waals surface area contributed by atoms with Gasteiger partial charge in [-0.15, -0.1) is 0 Å². The van der Waals surface area contributed by atoms with E-state index in [1.807, 2.05) is 0 Å². The fraction of sp³-hybridized carbons (Fsp3) is 0.154. The van der Waals surface area contributed by atoms with Gasteiger partial charge in [0.15, 0.2) is 5.57 Å². The molecule has 0 saturated carbocycles. The number of ether oxygens (including phenoxy) is 1. The molecule has 1 saturated heterocycles. The topological polar surface area (TPSA) is 70.4 Å². The minimum absolute atomic E-state index is 0.106. The van der Waals surface area contributed by atoms with Crippen LogP contribution in [0.2, 0.25) is 0 Å². The summed E-state index contributed by atoms with van der Waals surface area (Å²) in [6.07, 6.45) is 0. The SMILES string of the molecule is COC(=O)/C(C#N)=C1\SCC(=O)N1c1ccc(F)cc1. The summed E-state index contributed by atoms with van der Waals surface area (Å²) >= 11 is 1.07. The minimum Gasteiger partial charge on any atom is -0.465 e. The smallest absolute Gasteiger partial charge is 0.351 e. The average molecular weight is 292 g/mol. The molecule has 1 aliphatic heterocycles. The van der Waals surface area contributed by atoms with Gasteiger partial charge in [0.05, 0.1) is 12.9 Å². The molecule has 1 aliphatic rings. The maximum absolute atomic E-state index is 12.9. The van der Waals surface area contributed by atoms with E-state index in [1.54, 1.807) is 6.07 Å². The lowest BCUT2D eigenvalue weighted by Gasteiger charge is -2.17. The monoisotopic (exact) mass is 292 g/mol. The lowest BCUT2D eigenvalue weighted by atomic mass is 10.2. The third-order valence-electron chi connectivity index (χ3n) is 2.58. The second-order valence-corrected chi connectivity index (χ2v) is 4.74. The largest absolute Gasteiger partial charge is 0.465 e. The molecule has 1 aromatic rings. The number of amides is 1. The zero-order chi connectivity index (χ0) is 14.7. The second kappa shape index (κ2) is 5.75. The Hall–Kier alpha value is -2.33. The molecule has 1 aromatic carbocycles. The van der Waals surface area contributed by atoms with Crippen molar-refractivity contribution in [2.24, 2.45) is 0 Å². The number of carbonyl (C=O) groups excluding carboxylic acids is 2. The van der Waals surface area contributed by atoms with Crippen molar-refractivity contribution >= 4 is 29.3 Å². The third-order valence-corrected chi connectivity index (χ3v) is 3.64. The summed E-state index contributed by atoms with van der Waals surface area (Å²) in [5.74, 6) is -1.42. The maximum atomic E-state index is 12.9. The van der Waals surface area contributed by atoms with Gasteiger partial charge in [0, 0.05) is 5.69 Å². The molecule has 0 aliphatic carbocycles. The third kappa shape index (κ3) is 2.51. The molecule has 5 nitrogen and oxygen atoms in total. The lowest BCUT2D eigenvalue weighted by molar-refractivity contribution is -0.135. The van der Waals surface area contributed by atoms with Gasteiger partial charge < -0.3 is 4.74 Å². The normalized spacial score (nSPS) is 16.9. The van der Waals surface area contributed by atoms with Crippen molar-refractivity contribution in [3.63, 3.8) is 0 Å². The Morgan fingerprint density at radius 3 is 2.65 bits per heavy atom. The van der Waals surface area contributed by atoms with E-state index in [0.717, 1.165) is 18.9 Å². The molecule has 1 amide bonds. The lowest BCUT2D eigenvalue weighted by Crippen LogP contribution is -2.25. The summed E-state index contributed by atoms with van der Waals surface area (Å²) in [6.45, 7) is 0. The Labute approximate surface area is 118 Å². The molecule has 0 radical (unpaired) electrons. The first-order chi connectivity index (χ1) is 9.58. The maximum Gasteiger partial charge on any atom is 0.351 e. The van der Waals surface area contributed by atoms with Crippen LogP contribution in [-0.2, 0) is 14.3 Å². The van der Waals surface area contributed by atoms with E-state index < -0.39 is 11.8 Å². The number of halogens is 1. The van der Waals surface area contributed by atoms with Gasteiger partial charge in [-0.2, -0.15) is 5.26 Å². The van der Waals surface area contributed by atoms with E-state index in [2.05, 4.69) is 4.74 Å². The number of nitriles is 1. The fourth-order valence-electron chi connectivity index (χ4n) is 1.69. The summed E-state index contributed by atoms with van der Waals surface area (Å²) in [7, 11) is 1.16. The van der Waals surface area contributed by atoms with Crippen molar-refractivity contribution in [3.05, 3.63) is 40.7 Å². The van der Waals surface area contributed by atoms with E-state index >= 15 is 0 Å². The summed E-state index contributed by atoms with van der Waals surface area (Å²) in [4.78, 5) is 24.7. The Bertz CT molecular complexity index is 634. The molecular weight excluding hydrogens is 283 g/mol. The Balaban J connectivity index is 2.51. The zero-order valence-corrected chi connectivity index (χ0v) is 11.2. The highest BCUT2D eigenvalue weighted by Gasteiger charge is 2.33. The Morgan fingerprint density at radius 2 is 2.10 bits per heavy atom. The highest BCUT2D eigenvalue weighted by molar-refractivity contribution is 8.04. The summed E-state index contributed by atoms with van der Waals surface area (Å²) in [5.41, 5.74) is 0.153. The summed E-state index contributed by atoms with van der Waals surface area (Å²) in [5, 5.41) is 9.27. The van der Waals surface area contributed by atoms with Gasteiger partial charge in [-0.25, -0.2) is 9.18 Å². The molecule has 1 heterocycles. The molecular formula is C13H9FN2O3S. The van der Waals surface area contributed by atoms with Crippen molar-refractivity contribution in [2.45, 2.75) is 0 Å². The van der Waals surface area contributed by atoms with Gasteiger partial charge in [0.25, 0.3) is 0 Å². The van der Waals surface area contributed by atoms with Crippen LogP contribution in [0.15, 0.2) is 34.9 Å². The van der Waals surface area contributed by atoms with Gasteiger partial charge in [-0.3, -0.25) is 9.69 Å². The highest BCUT2D eigenvalue weighted by Crippen LogP contribution is 2.36. The number of anilines is 1. The predicted molar refractivity (Wildman–Crippen MR) is 71.0 cm³/mol. The van der Waals surface area contributed by atoms with Crippen LogP contribution in [0.5, 0.6) is 0 Å². The Kier molecular flexibility index (Phi) is 4.05. The number of methoxy groups -OCH3 is 1. The molecule has 0 spiro atoms. The quantitative estimate of drug-likeness (QED) is 0.472. The van der Waals surface area contributed by atoms with Gasteiger partial charge >= 0.3 is 5.97 Å². The van der Waals surface area contributed by atoms with Crippen molar-refractivity contribution < 1.29 is 18.7 Å². The summed E-state index contributed by atoms with van der Waals surface area (Å²) in [6, 6.07) is 6.96. The number of benzene rings is 1. The number of hydrogen-bond donors (Lipinski definition) is 0. The van der Waals surface area contributed by atoms with Crippen LogP contribution >= 0.6 is 11.8 Å². The van der Waals surface area contributed by atoms with Crippen LogP contribution in [0.25, 0.3) is 0 Å². The first-order valence-corrected chi connectivity index (χ1v) is 6.51. The molecule has 0 aromatic heterocycles. The van der Waals surface area contributed by atoms with E-state index in [4.69, 9.17) is 5.26 Å². The first kappa shape index (κ1) is 14.1. The van der Waals surface area contributed by atoms with Crippen LogP contribution in [0.3, 0.4) is 0 Å². The van der Waals surface area contributed by atoms with Crippen LogP contribution in [0.1, 0.15) is 0 Å². The number of nitrogens with zero attached hydrogens (tertiary/aromatic N) is 2. The molecule has 102 valence electrons. The van der Waals surface area contributed by atoms with Gasteiger partial charge in [-0.1, -0.05) is 11.8 Å². The molecule has 0 unspecified atom stereocenters. The number of thioether (sulfide) groups is 1. The molecule has 20 heavy (non-hydrogen) atoms. The highest BCUT2D eigenvalue weighted by atomic mass is 32.2. The molecule has 2 rings (SSSR count). The van der Waals surface area contributed by atoms with Crippen LogP contribution in [-0.4, -0.2) is 24.7 Å². The van der Waals surface area contributed by atoms with Gasteiger partial charge in [0.2, 0.25) is 5.91 Å². The van der Waals surface area contributed by atoms with Crippen molar-refractivity contribution in [3.8, 4) is 6.07 Å². The number of rotatable bonds is 2. The van der Waals surface area contributed by atoms with E-state index in [-0.39, 0.29) is 22.3 Å². The minimum atomic E-state index is -0.809. The van der Waals surface area contributed by atoms with E-state index in [0.29, 0.717) is 5.69 Å². The predicted octanol–water partition coefficient (Wildman–Crippen LogP) is 1.81. The second-order valence-electron chi connectivity index (χ2n) is 3.78. The average Bonchev–Trinajstić information content (AvgIpc) is 2.82.